The van der Waals surface area contributed by atoms with Crippen LogP contribution < -0.4 is 19.5 Å². The van der Waals surface area contributed by atoms with Crippen LogP contribution in [-0.4, -0.2) is 25.2 Å². The molecule has 3 aromatic carbocycles. The highest BCUT2D eigenvalue weighted by Gasteiger charge is 2.15. The van der Waals surface area contributed by atoms with Gasteiger partial charge in [0.25, 0.3) is 5.91 Å². The first-order valence-corrected chi connectivity index (χ1v) is 10.5. The Morgan fingerprint density at radius 3 is 2.10 bits per heavy atom. The van der Waals surface area contributed by atoms with Crippen molar-refractivity contribution in [1.29, 1.82) is 0 Å². The molecule has 0 aliphatic rings. The number of hydrogen-bond donors (Lipinski definition) is 1. The summed E-state index contributed by atoms with van der Waals surface area (Å²) in [7, 11) is 0. The first-order chi connectivity index (χ1) is 15.0. The van der Waals surface area contributed by atoms with E-state index in [2.05, 4.69) is 19.2 Å². The van der Waals surface area contributed by atoms with Gasteiger partial charge in [-0.3, -0.25) is 4.79 Å². The van der Waals surface area contributed by atoms with Gasteiger partial charge in [0, 0.05) is 11.8 Å². The molecule has 162 valence electrons. The van der Waals surface area contributed by atoms with Gasteiger partial charge in [-0.25, -0.2) is 0 Å². The Morgan fingerprint density at radius 2 is 1.42 bits per heavy atom. The molecule has 0 spiro atoms. The van der Waals surface area contributed by atoms with Crippen molar-refractivity contribution in [1.82, 2.24) is 0 Å². The summed E-state index contributed by atoms with van der Waals surface area (Å²) >= 11 is 0. The molecule has 0 saturated carbocycles. The molecule has 1 amide bonds. The second kappa shape index (κ2) is 11.1. The van der Waals surface area contributed by atoms with Crippen molar-refractivity contribution >= 4 is 11.6 Å². The zero-order valence-electron chi connectivity index (χ0n) is 18.2. The van der Waals surface area contributed by atoms with Crippen LogP contribution in [0.1, 0.15) is 32.3 Å². The van der Waals surface area contributed by atoms with Crippen LogP contribution in [0.4, 0.5) is 5.69 Å². The van der Waals surface area contributed by atoms with E-state index in [0.717, 1.165) is 5.75 Å². The Labute approximate surface area is 184 Å². The smallest absolute Gasteiger partial charge is 0.265 e. The highest BCUT2D eigenvalue weighted by molar-refractivity contribution is 5.94. The third kappa shape index (κ3) is 7.07. The summed E-state index contributed by atoms with van der Waals surface area (Å²) in [6.07, 6.45) is -0.631. The lowest BCUT2D eigenvalue weighted by molar-refractivity contribution is -0.122. The lowest BCUT2D eigenvalue weighted by Gasteiger charge is -2.16. The van der Waals surface area contributed by atoms with Crippen molar-refractivity contribution in [3.05, 3.63) is 84.4 Å². The van der Waals surface area contributed by atoms with E-state index >= 15 is 0 Å². The van der Waals surface area contributed by atoms with Crippen LogP contribution >= 0.6 is 0 Å². The molecule has 0 heterocycles. The van der Waals surface area contributed by atoms with Gasteiger partial charge in [0.05, 0.1) is 0 Å². The maximum Gasteiger partial charge on any atom is 0.265 e. The minimum Gasteiger partial charge on any atom is -0.490 e. The molecule has 3 rings (SSSR count). The number of amides is 1. The fraction of sp³-hybridized carbons (Fsp3) is 0.269. The molecule has 1 atom stereocenters. The lowest BCUT2D eigenvalue weighted by Crippen LogP contribution is -2.30. The van der Waals surface area contributed by atoms with E-state index in [-0.39, 0.29) is 5.91 Å². The van der Waals surface area contributed by atoms with E-state index in [9.17, 15) is 4.79 Å². The van der Waals surface area contributed by atoms with Crippen LogP contribution in [0.25, 0.3) is 0 Å². The average molecular weight is 420 g/mol. The van der Waals surface area contributed by atoms with E-state index in [4.69, 9.17) is 14.2 Å². The minimum atomic E-state index is -0.631. The first-order valence-electron chi connectivity index (χ1n) is 10.5. The molecule has 5 nitrogen and oxygen atoms in total. The molecule has 0 radical (unpaired) electrons. The molecule has 5 heteroatoms. The largest absolute Gasteiger partial charge is 0.490 e. The third-order valence-corrected chi connectivity index (χ3v) is 4.69. The Balaban J connectivity index is 1.47. The summed E-state index contributed by atoms with van der Waals surface area (Å²) in [6, 6.07) is 24.7. The van der Waals surface area contributed by atoms with Crippen LogP contribution in [0.15, 0.2) is 78.9 Å². The highest BCUT2D eigenvalue weighted by Crippen LogP contribution is 2.21. The summed E-state index contributed by atoms with van der Waals surface area (Å²) in [4.78, 5) is 12.5. The van der Waals surface area contributed by atoms with E-state index in [1.165, 1.54) is 5.56 Å². The van der Waals surface area contributed by atoms with Gasteiger partial charge in [-0.2, -0.15) is 0 Å². The van der Waals surface area contributed by atoms with Gasteiger partial charge < -0.3 is 19.5 Å². The monoisotopic (exact) mass is 419 g/mol. The number of para-hydroxylation sites is 1. The number of carbonyl (C=O) groups is 1. The predicted molar refractivity (Wildman–Crippen MR) is 123 cm³/mol. The fourth-order valence-corrected chi connectivity index (χ4v) is 2.93. The number of hydrogen-bond acceptors (Lipinski definition) is 4. The van der Waals surface area contributed by atoms with Crippen LogP contribution in [0.3, 0.4) is 0 Å². The van der Waals surface area contributed by atoms with Crippen LogP contribution in [0, 0.1) is 0 Å². The molecule has 0 fully saturated rings. The SMILES string of the molecule is CC(Oc1ccc(C(C)C)cc1)C(=O)Nc1cccc(OCCOc2ccccc2)c1. The summed E-state index contributed by atoms with van der Waals surface area (Å²) < 4.78 is 17.1. The zero-order valence-corrected chi connectivity index (χ0v) is 18.2. The fourth-order valence-electron chi connectivity index (χ4n) is 2.93. The lowest BCUT2D eigenvalue weighted by atomic mass is 10.0. The standard InChI is InChI=1S/C26H29NO4/c1-19(2)21-12-14-24(15-13-21)31-20(3)26(28)27-22-8-7-11-25(18-22)30-17-16-29-23-9-5-4-6-10-23/h4-15,18-20H,16-17H2,1-3H3,(H,27,28). The Hall–Kier alpha value is -3.47. The van der Waals surface area contributed by atoms with Crippen molar-refractivity contribution in [2.45, 2.75) is 32.8 Å². The van der Waals surface area contributed by atoms with Gasteiger partial charge in [-0.05, 0) is 54.8 Å². The first kappa shape index (κ1) is 22.2. The minimum absolute atomic E-state index is 0.225. The Kier molecular flexibility index (Phi) is 7.93. The van der Waals surface area contributed by atoms with E-state index < -0.39 is 6.10 Å². The van der Waals surface area contributed by atoms with Crippen LogP contribution in [0.5, 0.6) is 17.2 Å². The van der Waals surface area contributed by atoms with Crippen molar-refractivity contribution in [2.75, 3.05) is 18.5 Å². The zero-order chi connectivity index (χ0) is 22.1. The topological polar surface area (TPSA) is 56.8 Å². The summed E-state index contributed by atoms with van der Waals surface area (Å²) in [5.74, 6) is 2.36. The number of benzene rings is 3. The molecule has 1 unspecified atom stereocenters. The molecule has 0 aliphatic heterocycles. The maximum atomic E-state index is 12.5. The van der Waals surface area contributed by atoms with E-state index in [0.29, 0.717) is 36.3 Å². The molecule has 0 aliphatic carbocycles. The molecule has 0 saturated heterocycles. The number of rotatable bonds is 10. The second-order valence-corrected chi connectivity index (χ2v) is 7.51. The Morgan fingerprint density at radius 1 is 0.774 bits per heavy atom. The number of nitrogens with one attached hydrogen (secondary N) is 1. The molecule has 3 aromatic rings. The van der Waals surface area contributed by atoms with Gasteiger partial charge in [-0.15, -0.1) is 0 Å². The summed E-state index contributed by atoms with van der Waals surface area (Å²) in [6.45, 7) is 6.84. The molecule has 0 bridgehead atoms. The van der Waals surface area contributed by atoms with Crippen molar-refractivity contribution in [3.63, 3.8) is 0 Å². The number of carbonyl (C=O) groups excluding carboxylic acids is 1. The molecule has 0 aromatic heterocycles. The average Bonchev–Trinajstić information content (AvgIpc) is 2.78. The van der Waals surface area contributed by atoms with Crippen molar-refractivity contribution < 1.29 is 19.0 Å². The van der Waals surface area contributed by atoms with Gasteiger partial charge in [-0.1, -0.05) is 50.2 Å². The quantitative estimate of drug-likeness (QED) is 0.430. The summed E-state index contributed by atoms with van der Waals surface area (Å²) in [5.41, 5.74) is 1.88. The molecule has 1 N–H and O–H groups in total. The van der Waals surface area contributed by atoms with Gasteiger partial charge in [0.1, 0.15) is 30.5 Å². The van der Waals surface area contributed by atoms with Gasteiger partial charge >= 0.3 is 0 Å². The normalized spacial score (nSPS) is 11.6. The molecule has 31 heavy (non-hydrogen) atoms. The number of anilines is 1. The van der Waals surface area contributed by atoms with E-state index in [1.54, 1.807) is 13.0 Å². The highest BCUT2D eigenvalue weighted by atomic mass is 16.5. The number of ether oxygens (including phenoxy) is 3. The van der Waals surface area contributed by atoms with Crippen molar-refractivity contribution in [2.24, 2.45) is 0 Å². The Bertz CT molecular complexity index is 955. The van der Waals surface area contributed by atoms with Crippen molar-refractivity contribution in [3.8, 4) is 17.2 Å². The maximum absolute atomic E-state index is 12.5. The molecular weight excluding hydrogens is 390 g/mol. The second-order valence-electron chi connectivity index (χ2n) is 7.51. The third-order valence-electron chi connectivity index (χ3n) is 4.69. The summed E-state index contributed by atoms with van der Waals surface area (Å²) in [5, 5.41) is 2.87. The van der Waals surface area contributed by atoms with Crippen LogP contribution in [-0.2, 0) is 4.79 Å². The van der Waals surface area contributed by atoms with E-state index in [1.807, 2.05) is 72.8 Å². The van der Waals surface area contributed by atoms with Crippen LogP contribution in [0.2, 0.25) is 0 Å². The van der Waals surface area contributed by atoms with Gasteiger partial charge in [0.15, 0.2) is 6.10 Å². The molecular formula is C26H29NO4. The predicted octanol–water partition coefficient (Wildman–Crippen LogP) is 5.67. The van der Waals surface area contributed by atoms with Gasteiger partial charge in [0.2, 0.25) is 0 Å².